The van der Waals surface area contributed by atoms with Gasteiger partial charge in [0.05, 0.1) is 19.0 Å². The van der Waals surface area contributed by atoms with Crippen LogP contribution in [0.4, 0.5) is 8.78 Å². The molecule has 0 aliphatic rings. The maximum absolute atomic E-state index is 13.3. The van der Waals surface area contributed by atoms with E-state index in [1.807, 2.05) is 6.07 Å². The first-order chi connectivity index (χ1) is 12.0. The van der Waals surface area contributed by atoms with E-state index in [1.54, 1.807) is 18.2 Å². The van der Waals surface area contributed by atoms with Crippen molar-refractivity contribution in [2.45, 2.75) is 12.6 Å². The molecule has 2 heterocycles. The van der Waals surface area contributed by atoms with E-state index in [0.717, 1.165) is 17.5 Å². The molecule has 1 unspecified atom stereocenters. The van der Waals surface area contributed by atoms with Gasteiger partial charge in [0.15, 0.2) is 11.6 Å². The van der Waals surface area contributed by atoms with Crippen LogP contribution in [0.15, 0.2) is 58.0 Å². The van der Waals surface area contributed by atoms with Gasteiger partial charge in [-0.1, -0.05) is 18.2 Å². The van der Waals surface area contributed by atoms with Gasteiger partial charge >= 0.3 is 0 Å². The predicted molar refractivity (Wildman–Crippen MR) is 87.1 cm³/mol. The summed E-state index contributed by atoms with van der Waals surface area (Å²) in [4.78, 5) is 16.8. The lowest BCUT2D eigenvalue weighted by molar-refractivity contribution is 0.154. The van der Waals surface area contributed by atoms with Gasteiger partial charge in [0, 0.05) is 5.39 Å². The van der Waals surface area contributed by atoms with E-state index in [1.165, 1.54) is 17.0 Å². The molecule has 0 spiro atoms. The summed E-state index contributed by atoms with van der Waals surface area (Å²) in [5.74, 6) is -2.06. The van der Waals surface area contributed by atoms with E-state index < -0.39 is 23.3 Å². The van der Waals surface area contributed by atoms with E-state index in [2.05, 4.69) is 4.98 Å². The first kappa shape index (κ1) is 15.5. The van der Waals surface area contributed by atoms with Gasteiger partial charge in [0.1, 0.15) is 11.1 Å². The van der Waals surface area contributed by atoms with E-state index >= 15 is 0 Å². The minimum absolute atomic E-state index is 0.0844. The summed E-state index contributed by atoms with van der Waals surface area (Å²) < 4.78 is 33.0. The average Bonchev–Trinajstić information content (AvgIpc) is 2.99. The number of aromatic nitrogens is 2. The third kappa shape index (κ3) is 2.58. The molecule has 126 valence electrons. The Kier molecular flexibility index (Phi) is 3.58. The Bertz CT molecular complexity index is 1150. The normalized spacial score (nSPS) is 12.8. The number of fused-ring (bicyclic) bond motifs is 3. The fourth-order valence-electron chi connectivity index (χ4n) is 2.76. The van der Waals surface area contributed by atoms with Crippen LogP contribution in [0.5, 0.6) is 0 Å². The molecular formula is C18H12F2N2O3. The summed E-state index contributed by atoms with van der Waals surface area (Å²) >= 11 is 0. The second-order valence-corrected chi connectivity index (χ2v) is 5.67. The number of para-hydroxylation sites is 1. The summed E-state index contributed by atoms with van der Waals surface area (Å²) in [6, 6.07) is 10.2. The fourth-order valence-corrected chi connectivity index (χ4v) is 2.76. The van der Waals surface area contributed by atoms with Crippen molar-refractivity contribution in [1.29, 1.82) is 0 Å². The van der Waals surface area contributed by atoms with Gasteiger partial charge in [-0.3, -0.25) is 9.36 Å². The van der Waals surface area contributed by atoms with Crippen LogP contribution in [0.3, 0.4) is 0 Å². The Morgan fingerprint density at radius 2 is 1.96 bits per heavy atom. The molecule has 1 N–H and O–H groups in total. The third-order valence-corrected chi connectivity index (χ3v) is 4.05. The summed E-state index contributed by atoms with van der Waals surface area (Å²) in [5, 5.41) is 10.9. The molecule has 4 rings (SSSR count). The van der Waals surface area contributed by atoms with Gasteiger partial charge in [-0.2, -0.15) is 0 Å². The number of aliphatic hydroxyl groups excluding tert-OH is 1. The van der Waals surface area contributed by atoms with Crippen molar-refractivity contribution in [1.82, 2.24) is 9.55 Å². The molecule has 0 saturated carbocycles. The van der Waals surface area contributed by atoms with Crippen LogP contribution in [0.25, 0.3) is 22.1 Å². The SMILES string of the molecule is O=c1c2oc3ccccc3c2ncn1CC(O)c1ccc(F)c(F)c1. The summed E-state index contributed by atoms with van der Waals surface area (Å²) in [5.41, 5.74) is 0.777. The zero-order valence-electron chi connectivity index (χ0n) is 12.8. The van der Waals surface area contributed by atoms with E-state index in [4.69, 9.17) is 4.42 Å². The van der Waals surface area contributed by atoms with Crippen molar-refractivity contribution >= 4 is 22.1 Å². The Morgan fingerprint density at radius 3 is 2.76 bits per heavy atom. The highest BCUT2D eigenvalue weighted by Crippen LogP contribution is 2.24. The molecular weight excluding hydrogens is 330 g/mol. The van der Waals surface area contributed by atoms with Crippen molar-refractivity contribution in [2.75, 3.05) is 0 Å². The molecule has 5 nitrogen and oxygen atoms in total. The number of benzene rings is 2. The standard InChI is InChI=1S/C18H12F2N2O3/c19-12-6-5-10(7-13(12)20)14(23)8-22-9-21-16-11-3-1-2-4-15(11)25-17(16)18(22)24/h1-7,9,14,23H,8H2. The van der Waals surface area contributed by atoms with E-state index in [0.29, 0.717) is 11.1 Å². The molecule has 0 bridgehead atoms. The first-order valence-electron chi connectivity index (χ1n) is 7.54. The molecule has 0 radical (unpaired) electrons. The van der Waals surface area contributed by atoms with Crippen LogP contribution in [0.1, 0.15) is 11.7 Å². The maximum atomic E-state index is 13.3. The molecule has 0 aliphatic heterocycles. The van der Waals surface area contributed by atoms with Crippen LogP contribution >= 0.6 is 0 Å². The summed E-state index contributed by atoms with van der Waals surface area (Å²) in [7, 11) is 0. The van der Waals surface area contributed by atoms with Gasteiger partial charge in [-0.15, -0.1) is 0 Å². The van der Waals surface area contributed by atoms with Crippen molar-refractivity contribution in [3.63, 3.8) is 0 Å². The molecule has 0 amide bonds. The van der Waals surface area contributed by atoms with Crippen LogP contribution in [-0.4, -0.2) is 14.7 Å². The lowest BCUT2D eigenvalue weighted by Crippen LogP contribution is -2.23. The number of hydrogen-bond acceptors (Lipinski definition) is 4. The zero-order chi connectivity index (χ0) is 17.6. The zero-order valence-corrected chi connectivity index (χ0v) is 12.8. The highest BCUT2D eigenvalue weighted by molar-refractivity contribution is 6.01. The van der Waals surface area contributed by atoms with Crippen LogP contribution in [0.2, 0.25) is 0 Å². The highest BCUT2D eigenvalue weighted by atomic mass is 19.2. The molecule has 0 saturated heterocycles. The number of hydrogen-bond donors (Lipinski definition) is 1. The average molecular weight is 342 g/mol. The van der Waals surface area contributed by atoms with E-state index in [9.17, 15) is 18.7 Å². The summed E-state index contributed by atoms with van der Waals surface area (Å²) in [6.45, 7) is -0.163. The lowest BCUT2D eigenvalue weighted by Gasteiger charge is -2.12. The minimum Gasteiger partial charge on any atom is -0.448 e. The second-order valence-electron chi connectivity index (χ2n) is 5.67. The van der Waals surface area contributed by atoms with Crippen molar-refractivity contribution < 1.29 is 18.3 Å². The Morgan fingerprint density at radius 1 is 1.16 bits per heavy atom. The van der Waals surface area contributed by atoms with Gasteiger partial charge in [-0.05, 0) is 29.8 Å². The number of halogens is 2. The van der Waals surface area contributed by atoms with Gasteiger partial charge in [-0.25, -0.2) is 13.8 Å². The van der Waals surface area contributed by atoms with Gasteiger partial charge in [0.25, 0.3) is 5.56 Å². The molecule has 25 heavy (non-hydrogen) atoms. The molecule has 2 aromatic carbocycles. The molecule has 7 heteroatoms. The number of furan rings is 1. The molecule has 1 atom stereocenters. The van der Waals surface area contributed by atoms with Gasteiger partial charge < -0.3 is 9.52 Å². The Balaban J connectivity index is 1.74. The number of nitrogens with zero attached hydrogens (tertiary/aromatic N) is 2. The fraction of sp³-hybridized carbons (Fsp3) is 0.111. The lowest BCUT2D eigenvalue weighted by atomic mass is 10.1. The maximum Gasteiger partial charge on any atom is 0.297 e. The molecule has 0 fully saturated rings. The largest absolute Gasteiger partial charge is 0.448 e. The molecule has 4 aromatic rings. The van der Waals surface area contributed by atoms with E-state index in [-0.39, 0.29) is 17.7 Å². The number of rotatable bonds is 3. The molecule has 0 aliphatic carbocycles. The Hall–Kier alpha value is -3.06. The highest BCUT2D eigenvalue weighted by Gasteiger charge is 2.16. The topological polar surface area (TPSA) is 68.3 Å². The first-order valence-corrected chi connectivity index (χ1v) is 7.54. The minimum atomic E-state index is -1.20. The van der Waals surface area contributed by atoms with Crippen LogP contribution < -0.4 is 5.56 Å². The number of aliphatic hydroxyl groups is 1. The van der Waals surface area contributed by atoms with Crippen LogP contribution in [0, 0.1) is 11.6 Å². The monoisotopic (exact) mass is 342 g/mol. The van der Waals surface area contributed by atoms with Crippen molar-refractivity contribution in [2.24, 2.45) is 0 Å². The smallest absolute Gasteiger partial charge is 0.297 e. The second kappa shape index (κ2) is 5.78. The van der Waals surface area contributed by atoms with Crippen molar-refractivity contribution in [3.05, 3.63) is 76.3 Å². The predicted octanol–water partition coefficient (Wildman–Crippen LogP) is 3.15. The summed E-state index contributed by atoms with van der Waals surface area (Å²) in [6.07, 6.45) is 0.104. The van der Waals surface area contributed by atoms with Crippen LogP contribution in [-0.2, 0) is 6.54 Å². The van der Waals surface area contributed by atoms with Crippen molar-refractivity contribution in [3.8, 4) is 0 Å². The molecule has 2 aromatic heterocycles. The quantitative estimate of drug-likeness (QED) is 0.621. The third-order valence-electron chi connectivity index (χ3n) is 4.05. The Labute approximate surface area is 139 Å². The van der Waals surface area contributed by atoms with Gasteiger partial charge in [0.2, 0.25) is 5.58 Å².